The summed E-state index contributed by atoms with van der Waals surface area (Å²) in [5, 5.41) is 6.85. The van der Waals surface area contributed by atoms with E-state index in [-0.39, 0.29) is 5.91 Å². The van der Waals surface area contributed by atoms with Crippen LogP contribution in [0, 0.1) is 0 Å². The van der Waals surface area contributed by atoms with Gasteiger partial charge in [-0.3, -0.25) is 9.48 Å². The summed E-state index contributed by atoms with van der Waals surface area (Å²) in [6, 6.07) is 4.17. The van der Waals surface area contributed by atoms with Crippen molar-refractivity contribution in [3.05, 3.63) is 39.8 Å². The molecule has 0 fully saturated rings. The summed E-state index contributed by atoms with van der Waals surface area (Å²) >= 11 is 1.74. The van der Waals surface area contributed by atoms with Gasteiger partial charge in [-0.25, -0.2) is 0 Å². The summed E-state index contributed by atoms with van der Waals surface area (Å²) in [6.45, 7) is 2.71. The zero-order valence-electron chi connectivity index (χ0n) is 9.93. The topological polar surface area (TPSA) is 46.9 Å². The number of carbonyl (C=O) groups excluding carboxylic acids is 1. The quantitative estimate of drug-likeness (QED) is 0.900. The van der Waals surface area contributed by atoms with Crippen molar-refractivity contribution in [3.8, 4) is 0 Å². The van der Waals surface area contributed by atoms with Gasteiger partial charge in [0.25, 0.3) is 5.91 Å². The molecule has 0 radical (unpaired) electrons. The number of amides is 1. The highest BCUT2D eigenvalue weighted by molar-refractivity contribution is 7.11. The zero-order chi connectivity index (χ0) is 12.3. The van der Waals surface area contributed by atoms with Gasteiger partial charge in [0.2, 0.25) is 0 Å². The average Bonchev–Trinajstić information content (AvgIpc) is 2.94. The molecule has 0 aliphatic rings. The summed E-state index contributed by atoms with van der Waals surface area (Å²) < 4.78 is 1.62. The fraction of sp³-hybridized carbons (Fsp3) is 0.333. The number of hydrogen-bond donors (Lipinski definition) is 1. The Morgan fingerprint density at radius 2 is 2.24 bits per heavy atom. The van der Waals surface area contributed by atoms with Gasteiger partial charge in [0.05, 0.1) is 18.3 Å². The van der Waals surface area contributed by atoms with E-state index in [9.17, 15) is 4.79 Å². The molecule has 0 aliphatic carbocycles. The van der Waals surface area contributed by atoms with Crippen molar-refractivity contribution in [1.82, 2.24) is 15.1 Å². The predicted octanol–water partition coefficient (Wildman–Crippen LogP) is 1.97. The normalized spacial score (nSPS) is 10.5. The standard InChI is InChI=1S/C12H15N3OS/c1-3-10-4-5-11(17-10)7-13-12(16)9-6-14-15(2)8-9/h4-6,8H,3,7H2,1-2H3,(H,13,16). The molecule has 0 unspecified atom stereocenters. The van der Waals surface area contributed by atoms with E-state index in [1.54, 1.807) is 35.5 Å². The van der Waals surface area contributed by atoms with Crippen molar-refractivity contribution >= 4 is 17.2 Å². The van der Waals surface area contributed by atoms with Crippen LogP contribution in [0.25, 0.3) is 0 Å². The molecule has 0 aliphatic heterocycles. The van der Waals surface area contributed by atoms with Crippen molar-refractivity contribution in [1.29, 1.82) is 0 Å². The predicted molar refractivity (Wildman–Crippen MR) is 68.1 cm³/mol. The molecule has 1 N–H and O–H groups in total. The highest BCUT2D eigenvalue weighted by Crippen LogP contribution is 2.16. The van der Waals surface area contributed by atoms with Gasteiger partial charge < -0.3 is 5.32 Å². The van der Waals surface area contributed by atoms with Gasteiger partial charge >= 0.3 is 0 Å². The molecule has 5 heteroatoms. The lowest BCUT2D eigenvalue weighted by atomic mass is 10.3. The van der Waals surface area contributed by atoms with Crippen LogP contribution in [0.5, 0.6) is 0 Å². The lowest BCUT2D eigenvalue weighted by Gasteiger charge is -2.00. The van der Waals surface area contributed by atoms with E-state index < -0.39 is 0 Å². The minimum absolute atomic E-state index is 0.0791. The van der Waals surface area contributed by atoms with Gasteiger partial charge in [0.15, 0.2) is 0 Å². The molecule has 2 heterocycles. The molecular formula is C12H15N3OS. The van der Waals surface area contributed by atoms with Crippen molar-refractivity contribution in [2.75, 3.05) is 0 Å². The maximum atomic E-state index is 11.7. The molecule has 2 aromatic heterocycles. The van der Waals surface area contributed by atoms with Gasteiger partial charge in [-0.2, -0.15) is 5.10 Å². The van der Waals surface area contributed by atoms with Crippen LogP contribution in [-0.2, 0) is 20.0 Å². The van der Waals surface area contributed by atoms with E-state index in [2.05, 4.69) is 29.5 Å². The maximum absolute atomic E-state index is 11.7. The molecule has 90 valence electrons. The Morgan fingerprint density at radius 1 is 1.47 bits per heavy atom. The van der Waals surface area contributed by atoms with Crippen LogP contribution < -0.4 is 5.32 Å². The van der Waals surface area contributed by atoms with Crippen molar-refractivity contribution in [3.63, 3.8) is 0 Å². The Kier molecular flexibility index (Phi) is 3.58. The molecule has 0 aromatic carbocycles. The number of aryl methyl sites for hydroxylation is 2. The second-order valence-electron chi connectivity index (χ2n) is 3.81. The largest absolute Gasteiger partial charge is 0.347 e. The van der Waals surface area contributed by atoms with Gasteiger partial charge in [-0.05, 0) is 18.6 Å². The fourth-order valence-corrected chi connectivity index (χ4v) is 2.41. The highest BCUT2D eigenvalue weighted by Gasteiger charge is 2.07. The Balaban J connectivity index is 1.92. The Morgan fingerprint density at radius 3 is 2.82 bits per heavy atom. The summed E-state index contributed by atoms with van der Waals surface area (Å²) in [4.78, 5) is 14.3. The minimum Gasteiger partial charge on any atom is -0.347 e. The number of thiophene rings is 1. The van der Waals surface area contributed by atoms with Gasteiger partial charge in [0, 0.05) is 23.0 Å². The first-order valence-electron chi connectivity index (χ1n) is 5.53. The Labute approximate surface area is 104 Å². The van der Waals surface area contributed by atoms with E-state index in [1.807, 2.05) is 0 Å². The molecule has 1 amide bonds. The Bertz CT molecular complexity index is 515. The van der Waals surface area contributed by atoms with Gasteiger partial charge in [-0.15, -0.1) is 11.3 Å². The summed E-state index contributed by atoms with van der Waals surface area (Å²) in [5.41, 5.74) is 0.597. The molecule has 2 aromatic rings. The molecule has 0 spiro atoms. The molecule has 4 nitrogen and oxygen atoms in total. The van der Waals surface area contributed by atoms with Gasteiger partial charge in [-0.1, -0.05) is 6.92 Å². The molecule has 2 rings (SSSR count). The Hall–Kier alpha value is -1.62. The van der Waals surface area contributed by atoms with E-state index in [0.717, 1.165) is 6.42 Å². The van der Waals surface area contributed by atoms with E-state index in [1.165, 1.54) is 9.75 Å². The summed E-state index contributed by atoms with van der Waals surface area (Å²) in [7, 11) is 1.80. The molecule has 0 saturated heterocycles. The monoisotopic (exact) mass is 249 g/mol. The third kappa shape index (κ3) is 2.94. The van der Waals surface area contributed by atoms with E-state index in [4.69, 9.17) is 0 Å². The molecule has 0 atom stereocenters. The van der Waals surface area contributed by atoms with Gasteiger partial charge in [0.1, 0.15) is 0 Å². The van der Waals surface area contributed by atoms with E-state index in [0.29, 0.717) is 12.1 Å². The number of nitrogens with zero attached hydrogens (tertiary/aromatic N) is 2. The lowest BCUT2D eigenvalue weighted by Crippen LogP contribution is -2.21. The average molecular weight is 249 g/mol. The van der Waals surface area contributed by atoms with Crippen molar-refractivity contribution < 1.29 is 4.79 Å². The van der Waals surface area contributed by atoms with Crippen LogP contribution in [0.15, 0.2) is 24.5 Å². The number of aromatic nitrogens is 2. The number of rotatable bonds is 4. The first-order valence-corrected chi connectivity index (χ1v) is 6.35. The smallest absolute Gasteiger partial charge is 0.254 e. The third-order valence-electron chi connectivity index (χ3n) is 2.46. The van der Waals surface area contributed by atoms with Crippen molar-refractivity contribution in [2.45, 2.75) is 19.9 Å². The summed E-state index contributed by atoms with van der Waals surface area (Å²) in [5.74, 6) is -0.0791. The molecular weight excluding hydrogens is 234 g/mol. The molecule has 17 heavy (non-hydrogen) atoms. The lowest BCUT2D eigenvalue weighted by molar-refractivity contribution is 0.0951. The fourth-order valence-electron chi connectivity index (χ4n) is 1.52. The number of nitrogens with one attached hydrogen (secondary N) is 1. The first-order chi connectivity index (χ1) is 8.19. The van der Waals surface area contributed by atoms with Crippen LogP contribution in [0.4, 0.5) is 0 Å². The maximum Gasteiger partial charge on any atom is 0.254 e. The molecule has 0 saturated carbocycles. The number of carbonyl (C=O) groups is 1. The summed E-state index contributed by atoms with van der Waals surface area (Å²) in [6.07, 6.45) is 4.32. The van der Waals surface area contributed by atoms with Crippen LogP contribution >= 0.6 is 11.3 Å². The van der Waals surface area contributed by atoms with Crippen LogP contribution in [0.2, 0.25) is 0 Å². The minimum atomic E-state index is -0.0791. The number of hydrogen-bond acceptors (Lipinski definition) is 3. The first kappa shape index (κ1) is 11.9. The van der Waals surface area contributed by atoms with E-state index >= 15 is 0 Å². The third-order valence-corrected chi connectivity index (χ3v) is 3.69. The van der Waals surface area contributed by atoms with Crippen molar-refractivity contribution in [2.24, 2.45) is 7.05 Å². The molecule has 0 bridgehead atoms. The zero-order valence-corrected chi connectivity index (χ0v) is 10.8. The van der Waals surface area contributed by atoms with Crippen LogP contribution in [0.1, 0.15) is 27.0 Å². The SMILES string of the molecule is CCc1ccc(CNC(=O)c2cnn(C)c2)s1. The second-order valence-corrected chi connectivity index (χ2v) is 5.06. The van der Waals surface area contributed by atoms with Crippen LogP contribution in [0.3, 0.4) is 0 Å². The van der Waals surface area contributed by atoms with Crippen LogP contribution in [-0.4, -0.2) is 15.7 Å². The highest BCUT2D eigenvalue weighted by atomic mass is 32.1. The second kappa shape index (κ2) is 5.14.